The molecule has 0 spiro atoms. The Hall–Kier alpha value is -2.14. The summed E-state index contributed by atoms with van der Waals surface area (Å²) in [4.78, 5) is 13.4. The van der Waals surface area contributed by atoms with Crippen molar-refractivity contribution < 1.29 is 9.53 Å². The minimum Gasteiger partial charge on any atom is -0.497 e. The van der Waals surface area contributed by atoms with E-state index >= 15 is 0 Å². The summed E-state index contributed by atoms with van der Waals surface area (Å²) in [5.74, 6) is 0.783. The summed E-state index contributed by atoms with van der Waals surface area (Å²) < 4.78 is 8.11. The van der Waals surface area contributed by atoms with Crippen LogP contribution in [0.3, 0.4) is 0 Å². The van der Waals surface area contributed by atoms with Gasteiger partial charge in [0.25, 0.3) is 0 Å². The van der Waals surface area contributed by atoms with E-state index in [9.17, 15) is 4.79 Å². The van der Waals surface area contributed by atoms with Gasteiger partial charge in [-0.2, -0.15) is 0 Å². The molecule has 25 heavy (non-hydrogen) atoms. The SMILES string of the molecule is COc1cccc(SNC(=O)Nc2c3c(cc4c2CCC4)CCC3)c1. The highest BCUT2D eigenvalue weighted by Gasteiger charge is 2.24. The van der Waals surface area contributed by atoms with Crippen molar-refractivity contribution in [2.75, 3.05) is 12.4 Å². The Morgan fingerprint density at radius 1 is 1.04 bits per heavy atom. The smallest absolute Gasteiger partial charge is 0.329 e. The van der Waals surface area contributed by atoms with E-state index in [1.54, 1.807) is 7.11 Å². The van der Waals surface area contributed by atoms with E-state index in [0.29, 0.717) is 0 Å². The first-order valence-corrected chi connectivity index (χ1v) is 9.60. The first-order valence-electron chi connectivity index (χ1n) is 8.79. The van der Waals surface area contributed by atoms with E-state index in [-0.39, 0.29) is 6.03 Å². The minimum absolute atomic E-state index is 0.165. The van der Waals surface area contributed by atoms with E-state index < -0.39 is 0 Å². The fourth-order valence-electron chi connectivity index (χ4n) is 3.88. The lowest BCUT2D eigenvalue weighted by atomic mass is 9.99. The second-order valence-corrected chi connectivity index (χ2v) is 7.45. The zero-order valence-corrected chi connectivity index (χ0v) is 15.2. The molecule has 2 aliphatic rings. The van der Waals surface area contributed by atoms with E-state index in [2.05, 4.69) is 16.1 Å². The number of hydrogen-bond acceptors (Lipinski definition) is 3. The number of carbonyl (C=O) groups excluding carboxylic acids is 1. The van der Waals surface area contributed by atoms with Crippen LogP contribution in [-0.4, -0.2) is 13.1 Å². The number of benzene rings is 2. The number of anilines is 1. The highest BCUT2D eigenvalue weighted by Crippen LogP contribution is 2.38. The van der Waals surface area contributed by atoms with Crippen LogP contribution in [0.25, 0.3) is 0 Å². The molecule has 5 heteroatoms. The van der Waals surface area contributed by atoms with E-state index in [1.165, 1.54) is 47.0 Å². The molecular weight excluding hydrogens is 332 g/mol. The summed E-state index contributed by atoms with van der Waals surface area (Å²) in [5, 5.41) is 3.14. The maximum Gasteiger partial charge on any atom is 0.329 e. The average Bonchev–Trinajstić information content (AvgIpc) is 3.29. The van der Waals surface area contributed by atoms with Gasteiger partial charge in [-0.15, -0.1) is 0 Å². The number of hydrogen-bond donors (Lipinski definition) is 2. The summed E-state index contributed by atoms with van der Waals surface area (Å²) in [6.45, 7) is 0. The van der Waals surface area contributed by atoms with Gasteiger partial charge in [0.05, 0.1) is 7.11 Å². The number of ether oxygens (including phenoxy) is 1. The lowest BCUT2D eigenvalue weighted by Gasteiger charge is -2.16. The van der Waals surface area contributed by atoms with Gasteiger partial charge in [0.15, 0.2) is 0 Å². The average molecular weight is 354 g/mol. The molecule has 4 nitrogen and oxygen atoms in total. The fraction of sp³-hybridized carbons (Fsp3) is 0.350. The highest BCUT2D eigenvalue weighted by atomic mass is 32.2. The van der Waals surface area contributed by atoms with Crippen LogP contribution in [0.15, 0.2) is 35.2 Å². The number of nitrogens with one attached hydrogen (secondary N) is 2. The second kappa shape index (κ2) is 7.00. The maximum absolute atomic E-state index is 12.5. The Labute approximate surface area is 152 Å². The molecule has 2 N–H and O–H groups in total. The van der Waals surface area contributed by atoms with Gasteiger partial charge >= 0.3 is 6.03 Å². The van der Waals surface area contributed by atoms with Crippen LogP contribution >= 0.6 is 11.9 Å². The molecule has 130 valence electrons. The molecule has 2 aromatic carbocycles. The predicted octanol–water partition coefficient (Wildman–Crippen LogP) is 4.50. The molecule has 0 atom stereocenters. The van der Waals surface area contributed by atoms with Gasteiger partial charge in [-0.1, -0.05) is 12.1 Å². The third-order valence-electron chi connectivity index (χ3n) is 5.01. The van der Waals surface area contributed by atoms with Crippen molar-refractivity contribution in [3.05, 3.63) is 52.6 Å². The first-order chi connectivity index (χ1) is 12.2. The van der Waals surface area contributed by atoms with Gasteiger partial charge < -0.3 is 10.1 Å². The molecule has 0 radical (unpaired) electrons. The first kappa shape index (κ1) is 16.3. The molecule has 0 saturated heterocycles. The highest BCUT2D eigenvalue weighted by molar-refractivity contribution is 7.98. The molecular formula is C20H22N2O2S. The zero-order chi connectivity index (χ0) is 17.2. The number of methoxy groups -OCH3 is 1. The van der Waals surface area contributed by atoms with Crippen LogP contribution in [0.2, 0.25) is 0 Å². The topological polar surface area (TPSA) is 50.4 Å². The summed E-state index contributed by atoms with van der Waals surface area (Å²) in [6.07, 6.45) is 6.79. The number of carbonyl (C=O) groups is 1. The van der Waals surface area contributed by atoms with Crippen LogP contribution in [0.4, 0.5) is 10.5 Å². The summed E-state index contributed by atoms with van der Waals surface area (Å²) >= 11 is 1.30. The lowest BCUT2D eigenvalue weighted by Crippen LogP contribution is -2.24. The molecule has 2 aliphatic carbocycles. The van der Waals surface area contributed by atoms with Crippen molar-refractivity contribution in [2.45, 2.75) is 43.4 Å². The van der Waals surface area contributed by atoms with Gasteiger partial charge in [-0.3, -0.25) is 4.72 Å². The Morgan fingerprint density at radius 2 is 1.76 bits per heavy atom. The molecule has 2 amide bonds. The standard InChI is InChI=1S/C20H22N2O2S/c1-24-15-7-4-8-16(12-15)25-22-20(23)21-19-17-9-2-5-13(17)11-14-6-3-10-18(14)19/h4,7-8,11-12H,2-3,5-6,9-10H2,1H3,(H2,21,22,23). The van der Waals surface area contributed by atoms with E-state index in [4.69, 9.17) is 4.74 Å². The maximum atomic E-state index is 12.5. The molecule has 0 heterocycles. The van der Waals surface area contributed by atoms with Crippen molar-refractivity contribution in [1.29, 1.82) is 0 Å². The molecule has 2 aromatic rings. The third kappa shape index (κ3) is 3.33. The molecule has 0 unspecified atom stereocenters. The number of rotatable bonds is 4. The Kier molecular flexibility index (Phi) is 4.57. The molecule has 0 aliphatic heterocycles. The molecule has 0 fully saturated rings. The van der Waals surface area contributed by atoms with Crippen LogP contribution in [-0.2, 0) is 25.7 Å². The van der Waals surface area contributed by atoms with Crippen LogP contribution in [0.5, 0.6) is 5.75 Å². The molecule has 0 saturated carbocycles. The number of urea groups is 1. The summed E-state index contributed by atoms with van der Waals surface area (Å²) in [6, 6.07) is 9.87. The molecule has 0 bridgehead atoms. The Bertz CT molecular complexity index is 787. The van der Waals surface area contributed by atoms with Crippen molar-refractivity contribution in [1.82, 2.24) is 4.72 Å². The summed E-state index contributed by atoms with van der Waals surface area (Å²) in [7, 11) is 1.64. The quantitative estimate of drug-likeness (QED) is 0.795. The number of fused-ring (bicyclic) bond motifs is 2. The third-order valence-corrected chi connectivity index (χ3v) is 5.79. The zero-order valence-electron chi connectivity index (χ0n) is 14.4. The second-order valence-electron chi connectivity index (χ2n) is 6.57. The number of amides is 2. The Balaban J connectivity index is 1.48. The van der Waals surface area contributed by atoms with Gasteiger partial charge in [0, 0.05) is 10.6 Å². The summed E-state index contributed by atoms with van der Waals surface area (Å²) in [5.41, 5.74) is 6.63. The van der Waals surface area contributed by atoms with Gasteiger partial charge in [-0.25, -0.2) is 4.79 Å². The van der Waals surface area contributed by atoms with Crippen molar-refractivity contribution in [2.24, 2.45) is 0 Å². The number of aryl methyl sites for hydroxylation is 2. The van der Waals surface area contributed by atoms with Crippen molar-refractivity contribution >= 4 is 23.7 Å². The molecule has 4 rings (SSSR count). The fourth-order valence-corrected chi connectivity index (χ4v) is 4.46. The van der Waals surface area contributed by atoms with Gasteiger partial charge in [0.1, 0.15) is 5.75 Å². The molecule has 0 aromatic heterocycles. The minimum atomic E-state index is -0.165. The van der Waals surface area contributed by atoms with Crippen LogP contribution in [0, 0.1) is 0 Å². The van der Waals surface area contributed by atoms with Crippen LogP contribution < -0.4 is 14.8 Å². The van der Waals surface area contributed by atoms with Crippen molar-refractivity contribution in [3.8, 4) is 5.75 Å². The van der Waals surface area contributed by atoms with E-state index in [1.807, 2.05) is 24.3 Å². The monoisotopic (exact) mass is 354 g/mol. The van der Waals surface area contributed by atoms with Crippen LogP contribution in [0.1, 0.15) is 35.1 Å². The largest absolute Gasteiger partial charge is 0.497 e. The van der Waals surface area contributed by atoms with Gasteiger partial charge in [-0.05, 0) is 90.9 Å². The van der Waals surface area contributed by atoms with Crippen molar-refractivity contribution in [3.63, 3.8) is 0 Å². The lowest BCUT2D eigenvalue weighted by molar-refractivity contribution is 0.257. The Morgan fingerprint density at radius 3 is 2.44 bits per heavy atom. The van der Waals surface area contributed by atoms with Gasteiger partial charge in [0.2, 0.25) is 0 Å². The normalized spacial score (nSPS) is 14.8. The van der Waals surface area contributed by atoms with E-state index in [0.717, 1.165) is 42.0 Å². The predicted molar refractivity (Wildman–Crippen MR) is 101 cm³/mol.